The fraction of sp³-hybridized carbons (Fsp3) is 0.310. The van der Waals surface area contributed by atoms with Crippen molar-refractivity contribution in [2.24, 2.45) is 0 Å². The van der Waals surface area contributed by atoms with Crippen LogP contribution in [0.5, 0.6) is 17.2 Å². The fourth-order valence-corrected chi connectivity index (χ4v) is 4.52. The van der Waals surface area contributed by atoms with Crippen LogP contribution in [0.25, 0.3) is 0 Å². The van der Waals surface area contributed by atoms with Crippen LogP contribution >= 0.6 is 23.5 Å². The summed E-state index contributed by atoms with van der Waals surface area (Å²) in [4.78, 5) is 25.1. The van der Waals surface area contributed by atoms with Crippen LogP contribution in [0.15, 0.2) is 66.7 Å². The summed E-state index contributed by atoms with van der Waals surface area (Å²) in [5.41, 5.74) is 3.02. The minimum atomic E-state index is -0.309. The number of carbonyl (C=O) groups is 2. The Kier molecular flexibility index (Phi) is 10.7. The molecule has 3 aromatic rings. The highest BCUT2D eigenvalue weighted by atomic mass is 35.5. The van der Waals surface area contributed by atoms with Gasteiger partial charge in [-0.3, -0.25) is 9.59 Å². The van der Waals surface area contributed by atoms with Crippen LogP contribution in [0.3, 0.4) is 0 Å². The number of halogens is 1. The van der Waals surface area contributed by atoms with Crippen LogP contribution in [0.2, 0.25) is 0 Å². The largest absolute Gasteiger partial charge is 0.493 e. The number of benzene rings is 3. The molecule has 0 aliphatic heterocycles. The maximum atomic E-state index is 13.1. The van der Waals surface area contributed by atoms with Gasteiger partial charge in [0.15, 0.2) is 11.5 Å². The molecule has 0 atom stereocenters. The van der Waals surface area contributed by atoms with E-state index < -0.39 is 0 Å². The predicted molar refractivity (Wildman–Crippen MR) is 148 cm³/mol. The number of rotatable bonds is 12. The van der Waals surface area contributed by atoms with Crippen molar-refractivity contribution < 1.29 is 23.8 Å². The zero-order valence-corrected chi connectivity index (χ0v) is 23.1. The first kappa shape index (κ1) is 28.4. The standard InChI is InChI=1S/C29H32ClNO5S/c1-5-35-28(32)16-22-11-13-26(34-4)27(15-22)36-25-14-12-23(17-24(25)19-37-20(2)3)29(33)31(30)18-21-9-7-6-8-10-21/h6-15,17,20H,5,16,18-19H2,1-4H3. The second-order valence-corrected chi connectivity index (χ2v) is 10.5. The summed E-state index contributed by atoms with van der Waals surface area (Å²) in [6.45, 7) is 6.62. The molecule has 3 aromatic carbocycles. The van der Waals surface area contributed by atoms with Crippen molar-refractivity contribution in [3.8, 4) is 17.2 Å². The lowest BCUT2D eigenvalue weighted by Gasteiger charge is -2.18. The smallest absolute Gasteiger partial charge is 0.310 e. The minimum Gasteiger partial charge on any atom is -0.493 e. The lowest BCUT2D eigenvalue weighted by Crippen LogP contribution is -2.21. The highest BCUT2D eigenvalue weighted by Gasteiger charge is 2.18. The zero-order chi connectivity index (χ0) is 26.8. The second-order valence-electron chi connectivity index (χ2n) is 8.56. The molecule has 196 valence electrons. The van der Waals surface area contributed by atoms with Crippen molar-refractivity contribution in [3.05, 3.63) is 89.0 Å². The molecule has 0 saturated carbocycles. The van der Waals surface area contributed by atoms with Crippen molar-refractivity contribution in [3.63, 3.8) is 0 Å². The monoisotopic (exact) mass is 541 g/mol. The molecule has 0 bridgehead atoms. The summed E-state index contributed by atoms with van der Waals surface area (Å²) in [7, 11) is 1.56. The van der Waals surface area contributed by atoms with E-state index in [0.29, 0.717) is 47.0 Å². The summed E-state index contributed by atoms with van der Waals surface area (Å²) in [5, 5.41) is 0.386. The molecule has 1 amide bonds. The van der Waals surface area contributed by atoms with E-state index in [0.717, 1.165) is 16.7 Å². The van der Waals surface area contributed by atoms with Gasteiger partial charge in [-0.15, -0.1) is 0 Å². The Hall–Kier alpha value is -3.16. The third-order valence-corrected chi connectivity index (χ3v) is 6.78. The molecular formula is C29H32ClNO5S. The highest BCUT2D eigenvalue weighted by Crippen LogP contribution is 2.36. The third-order valence-electron chi connectivity index (χ3n) is 5.37. The Labute approximate surface area is 228 Å². The number of hydrogen-bond acceptors (Lipinski definition) is 6. The number of nitrogens with zero attached hydrogens (tertiary/aromatic N) is 1. The Morgan fingerprint density at radius 3 is 2.35 bits per heavy atom. The Bertz CT molecular complexity index is 1200. The maximum absolute atomic E-state index is 13.1. The molecule has 0 aromatic heterocycles. The number of thioether (sulfide) groups is 1. The predicted octanol–water partition coefficient (Wildman–Crippen LogP) is 7.03. The molecule has 0 saturated heterocycles. The lowest BCUT2D eigenvalue weighted by atomic mass is 10.1. The molecule has 0 heterocycles. The van der Waals surface area contributed by atoms with Crippen LogP contribution in [0.4, 0.5) is 0 Å². The number of ether oxygens (including phenoxy) is 3. The first-order chi connectivity index (χ1) is 17.8. The van der Waals surface area contributed by atoms with E-state index in [2.05, 4.69) is 13.8 Å². The van der Waals surface area contributed by atoms with Gasteiger partial charge in [0.2, 0.25) is 0 Å². The van der Waals surface area contributed by atoms with Crippen molar-refractivity contribution >= 4 is 35.4 Å². The van der Waals surface area contributed by atoms with E-state index >= 15 is 0 Å². The van der Waals surface area contributed by atoms with Gasteiger partial charge in [-0.05, 0) is 53.6 Å². The zero-order valence-electron chi connectivity index (χ0n) is 21.5. The van der Waals surface area contributed by atoms with Gasteiger partial charge >= 0.3 is 5.97 Å². The number of amides is 1. The topological polar surface area (TPSA) is 65.1 Å². The van der Waals surface area contributed by atoms with Crippen LogP contribution < -0.4 is 9.47 Å². The summed E-state index contributed by atoms with van der Waals surface area (Å²) in [6, 6.07) is 20.2. The van der Waals surface area contributed by atoms with Crippen LogP contribution in [-0.4, -0.2) is 35.3 Å². The normalized spacial score (nSPS) is 10.8. The van der Waals surface area contributed by atoms with Gasteiger partial charge in [0.1, 0.15) is 5.75 Å². The molecule has 0 fully saturated rings. The van der Waals surface area contributed by atoms with E-state index in [1.54, 1.807) is 50.1 Å². The maximum Gasteiger partial charge on any atom is 0.310 e. The first-order valence-corrected chi connectivity index (χ1v) is 13.5. The molecule has 0 aliphatic rings. The van der Waals surface area contributed by atoms with Gasteiger partial charge in [0.05, 0.1) is 26.7 Å². The first-order valence-electron chi connectivity index (χ1n) is 12.1. The van der Waals surface area contributed by atoms with E-state index in [-0.39, 0.29) is 18.3 Å². The molecule has 0 spiro atoms. The highest BCUT2D eigenvalue weighted by molar-refractivity contribution is 7.99. The fourth-order valence-electron chi connectivity index (χ4n) is 3.54. The Balaban J connectivity index is 1.87. The Morgan fingerprint density at radius 1 is 0.946 bits per heavy atom. The molecule has 6 nitrogen and oxygen atoms in total. The van der Waals surface area contributed by atoms with Crippen molar-refractivity contribution in [2.45, 2.75) is 44.7 Å². The van der Waals surface area contributed by atoms with Gasteiger partial charge in [-0.25, -0.2) is 4.42 Å². The Morgan fingerprint density at radius 2 is 1.68 bits per heavy atom. The summed E-state index contributed by atoms with van der Waals surface area (Å²) >= 11 is 8.10. The van der Waals surface area contributed by atoms with Crippen LogP contribution in [0.1, 0.15) is 47.8 Å². The van der Waals surface area contributed by atoms with Crippen LogP contribution in [0, 0.1) is 0 Å². The second kappa shape index (κ2) is 14.0. The van der Waals surface area contributed by atoms with Gasteiger partial charge in [-0.1, -0.05) is 50.2 Å². The van der Waals surface area contributed by atoms with Crippen molar-refractivity contribution in [1.29, 1.82) is 0 Å². The summed E-state index contributed by atoms with van der Waals surface area (Å²) < 4.78 is 18.0. The van der Waals surface area contributed by atoms with Gasteiger partial charge in [-0.2, -0.15) is 11.8 Å². The van der Waals surface area contributed by atoms with E-state index in [1.165, 1.54) is 4.42 Å². The minimum absolute atomic E-state index is 0.130. The van der Waals surface area contributed by atoms with Crippen LogP contribution in [-0.2, 0) is 28.2 Å². The SMILES string of the molecule is CCOC(=O)Cc1ccc(OC)c(Oc2ccc(C(=O)N(Cl)Cc3ccccc3)cc2CSC(C)C)c1. The lowest BCUT2D eigenvalue weighted by molar-refractivity contribution is -0.142. The van der Waals surface area contributed by atoms with Crippen molar-refractivity contribution in [2.75, 3.05) is 13.7 Å². The van der Waals surface area contributed by atoms with E-state index in [4.69, 9.17) is 26.0 Å². The van der Waals surface area contributed by atoms with E-state index in [1.807, 2.05) is 42.5 Å². The summed E-state index contributed by atoms with van der Waals surface area (Å²) in [5.74, 6) is 1.64. The summed E-state index contributed by atoms with van der Waals surface area (Å²) in [6.07, 6.45) is 0.130. The quantitative estimate of drug-likeness (QED) is 0.181. The van der Waals surface area contributed by atoms with Gasteiger partial charge in [0, 0.05) is 28.7 Å². The molecule has 0 aliphatic carbocycles. The van der Waals surface area contributed by atoms with Gasteiger partial charge < -0.3 is 14.2 Å². The van der Waals surface area contributed by atoms with Gasteiger partial charge in [0.25, 0.3) is 5.91 Å². The molecule has 0 radical (unpaired) electrons. The molecule has 37 heavy (non-hydrogen) atoms. The molecule has 0 unspecified atom stereocenters. The van der Waals surface area contributed by atoms with Crippen molar-refractivity contribution in [1.82, 2.24) is 4.42 Å². The molecule has 0 N–H and O–H groups in total. The number of methoxy groups -OCH3 is 1. The number of carbonyl (C=O) groups excluding carboxylic acids is 2. The molecule has 3 rings (SSSR count). The third kappa shape index (κ3) is 8.44. The average molecular weight is 542 g/mol. The number of hydrogen-bond donors (Lipinski definition) is 0. The molecular weight excluding hydrogens is 510 g/mol. The molecule has 8 heteroatoms. The van der Waals surface area contributed by atoms with E-state index in [9.17, 15) is 9.59 Å². The number of esters is 1. The average Bonchev–Trinajstić information content (AvgIpc) is 2.88.